The van der Waals surface area contributed by atoms with Gasteiger partial charge in [0.1, 0.15) is 12.1 Å². The summed E-state index contributed by atoms with van der Waals surface area (Å²) in [6.45, 7) is 0. The molecule has 106 valence electrons. The molecule has 1 saturated carbocycles. The van der Waals surface area contributed by atoms with Crippen molar-refractivity contribution in [2.24, 2.45) is 13.0 Å². The molecule has 2 aromatic rings. The molecule has 2 N–H and O–H groups in total. The zero-order valence-corrected chi connectivity index (χ0v) is 11.3. The van der Waals surface area contributed by atoms with Crippen molar-refractivity contribution in [1.29, 1.82) is 0 Å². The number of aliphatic carboxylic acids is 1. The Morgan fingerprint density at radius 3 is 2.80 bits per heavy atom. The Labute approximate surface area is 116 Å². The van der Waals surface area contributed by atoms with Gasteiger partial charge >= 0.3 is 5.97 Å². The summed E-state index contributed by atoms with van der Waals surface area (Å²) >= 11 is 0. The minimum atomic E-state index is -0.680. The van der Waals surface area contributed by atoms with Crippen LogP contribution in [0.3, 0.4) is 0 Å². The summed E-state index contributed by atoms with van der Waals surface area (Å²) < 4.78 is 1.71. The van der Waals surface area contributed by atoms with Gasteiger partial charge in [-0.05, 0) is 25.7 Å². The summed E-state index contributed by atoms with van der Waals surface area (Å²) in [5.41, 5.74) is 0.793. The molecule has 1 fully saturated rings. The van der Waals surface area contributed by atoms with Gasteiger partial charge in [-0.15, -0.1) is 0 Å². The molecule has 20 heavy (non-hydrogen) atoms. The average Bonchev–Trinajstić information content (AvgIpc) is 2.82. The zero-order valence-electron chi connectivity index (χ0n) is 11.3. The van der Waals surface area contributed by atoms with Gasteiger partial charge in [-0.1, -0.05) is 0 Å². The number of nitrogens with one attached hydrogen (secondary N) is 1. The van der Waals surface area contributed by atoms with E-state index in [0.29, 0.717) is 12.8 Å². The topological polar surface area (TPSA) is 92.9 Å². The van der Waals surface area contributed by atoms with Crippen LogP contribution in [0.25, 0.3) is 11.0 Å². The highest BCUT2D eigenvalue weighted by molar-refractivity contribution is 5.86. The number of hydrogen-bond donors (Lipinski definition) is 2. The fourth-order valence-corrected chi connectivity index (χ4v) is 2.76. The van der Waals surface area contributed by atoms with Gasteiger partial charge in [-0.2, -0.15) is 5.10 Å². The van der Waals surface area contributed by atoms with Crippen molar-refractivity contribution in [1.82, 2.24) is 19.7 Å². The highest BCUT2D eigenvalue weighted by Crippen LogP contribution is 2.28. The maximum atomic E-state index is 10.9. The van der Waals surface area contributed by atoms with Gasteiger partial charge in [0.25, 0.3) is 0 Å². The number of carbonyl (C=O) groups is 1. The molecule has 2 heterocycles. The van der Waals surface area contributed by atoms with Crippen LogP contribution in [0.5, 0.6) is 0 Å². The molecule has 7 heteroatoms. The molecule has 1 aliphatic rings. The van der Waals surface area contributed by atoms with E-state index in [1.165, 1.54) is 6.33 Å². The molecule has 0 atom stereocenters. The number of aryl methyl sites for hydroxylation is 1. The predicted octanol–water partition coefficient (Wildman–Crippen LogP) is 1.42. The first-order valence-electron chi connectivity index (χ1n) is 6.77. The van der Waals surface area contributed by atoms with E-state index < -0.39 is 5.97 Å². The minimum Gasteiger partial charge on any atom is -0.481 e. The summed E-state index contributed by atoms with van der Waals surface area (Å²) in [7, 11) is 1.84. The number of fused-ring (bicyclic) bond motifs is 1. The van der Waals surface area contributed by atoms with Crippen LogP contribution in [-0.2, 0) is 11.8 Å². The largest absolute Gasteiger partial charge is 0.481 e. The molecule has 1 aliphatic carbocycles. The van der Waals surface area contributed by atoms with Crippen LogP contribution in [0.1, 0.15) is 25.7 Å². The maximum Gasteiger partial charge on any atom is 0.306 e. The second-order valence-electron chi connectivity index (χ2n) is 5.26. The van der Waals surface area contributed by atoms with E-state index >= 15 is 0 Å². The van der Waals surface area contributed by atoms with Crippen molar-refractivity contribution in [2.45, 2.75) is 31.7 Å². The first kappa shape index (κ1) is 12.8. The average molecular weight is 275 g/mol. The zero-order chi connectivity index (χ0) is 14.1. The van der Waals surface area contributed by atoms with E-state index in [0.717, 1.165) is 29.7 Å². The second-order valence-corrected chi connectivity index (χ2v) is 5.26. The molecular weight excluding hydrogens is 258 g/mol. The van der Waals surface area contributed by atoms with Crippen LogP contribution < -0.4 is 5.32 Å². The van der Waals surface area contributed by atoms with Gasteiger partial charge < -0.3 is 10.4 Å². The molecule has 0 spiro atoms. The number of carboxylic acid groups (broad SMARTS) is 1. The third-order valence-corrected chi connectivity index (χ3v) is 3.95. The van der Waals surface area contributed by atoms with Crippen molar-refractivity contribution in [2.75, 3.05) is 5.32 Å². The third kappa shape index (κ3) is 2.31. The van der Waals surface area contributed by atoms with Crippen molar-refractivity contribution >= 4 is 22.8 Å². The molecular formula is C13H17N5O2. The van der Waals surface area contributed by atoms with Crippen LogP contribution in [0.2, 0.25) is 0 Å². The molecule has 0 saturated heterocycles. The van der Waals surface area contributed by atoms with E-state index in [2.05, 4.69) is 20.4 Å². The van der Waals surface area contributed by atoms with E-state index in [1.54, 1.807) is 10.9 Å². The highest BCUT2D eigenvalue weighted by atomic mass is 16.4. The molecule has 3 rings (SSSR count). The minimum absolute atomic E-state index is 0.197. The summed E-state index contributed by atoms with van der Waals surface area (Å²) in [5.74, 6) is -0.0983. The van der Waals surface area contributed by atoms with Crippen LogP contribution >= 0.6 is 0 Å². The fraction of sp³-hybridized carbons (Fsp3) is 0.538. The second kappa shape index (κ2) is 5.07. The Morgan fingerprint density at radius 2 is 2.10 bits per heavy atom. The first-order chi connectivity index (χ1) is 9.65. The number of rotatable bonds is 3. The lowest BCUT2D eigenvalue weighted by Gasteiger charge is -2.27. The monoisotopic (exact) mass is 275 g/mol. The van der Waals surface area contributed by atoms with Gasteiger partial charge in [-0.3, -0.25) is 9.48 Å². The van der Waals surface area contributed by atoms with Crippen LogP contribution in [-0.4, -0.2) is 36.9 Å². The third-order valence-electron chi connectivity index (χ3n) is 3.95. The number of nitrogens with zero attached hydrogens (tertiary/aromatic N) is 4. The summed E-state index contributed by atoms with van der Waals surface area (Å²) in [6, 6.07) is 0.268. The standard InChI is InChI=1S/C13H17N5O2/c1-18-12-10(6-16-18)11(14-7-15-12)17-9-4-2-8(3-5-9)13(19)20/h6-9H,2-5H2,1H3,(H,19,20)(H,14,15,17). The Kier molecular flexibility index (Phi) is 3.25. The molecule has 0 radical (unpaired) electrons. The van der Waals surface area contributed by atoms with Crippen molar-refractivity contribution in [3.05, 3.63) is 12.5 Å². The van der Waals surface area contributed by atoms with Crippen molar-refractivity contribution < 1.29 is 9.90 Å². The Balaban J connectivity index is 1.73. The van der Waals surface area contributed by atoms with Gasteiger partial charge in [0, 0.05) is 13.1 Å². The Bertz CT molecular complexity index is 631. The van der Waals surface area contributed by atoms with Crippen LogP contribution in [0.4, 0.5) is 5.82 Å². The highest BCUT2D eigenvalue weighted by Gasteiger charge is 2.26. The molecule has 0 amide bonds. The summed E-state index contributed by atoms with van der Waals surface area (Å²) in [4.78, 5) is 19.4. The molecule has 2 aromatic heterocycles. The van der Waals surface area contributed by atoms with E-state index in [-0.39, 0.29) is 12.0 Å². The first-order valence-corrected chi connectivity index (χ1v) is 6.77. The number of carboxylic acids is 1. The molecule has 7 nitrogen and oxygen atoms in total. The van der Waals surface area contributed by atoms with E-state index in [1.807, 2.05) is 7.05 Å². The molecule has 0 bridgehead atoms. The van der Waals surface area contributed by atoms with Gasteiger partial charge in [0.05, 0.1) is 17.5 Å². The normalized spacial score (nSPS) is 22.9. The fourth-order valence-electron chi connectivity index (χ4n) is 2.76. The summed E-state index contributed by atoms with van der Waals surface area (Å²) in [6.07, 6.45) is 6.41. The van der Waals surface area contributed by atoms with Gasteiger partial charge in [0.15, 0.2) is 5.65 Å². The van der Waals surface area contributed by atoms with E-state index in [9.17, 15) is 4.79 Å². The smallest absolute Gasteiger partial charge is 0.306 e. The van der Waals surface area contributed by atoms with Crippen LogP contribution in [0.15, 0.2) is 12.5 Å². The van der Waals surface area contributed by atoms with Crippen molar-refractivity contribution in [3.63, 3.8) is 0 Å². The molecule has 0 unspecified atom stereocenters. The predicted molar refractivity (Wildman–Crippen MR) is 73.3 cm³/mol. The van der Waals surface area contributed by atoms with Gasteiger partial charge in [0.2, 0.25) is 0 Å². The van der Waals surface area contributed by atoms with Crippen molar-refractivity contribution in [3.8, 4) is 0 Å². The molecule has 0 aliphatic heterocycles. The Hall–Kier alpha value is -2.18. The number of aromatic nitrogens is 4. The lowest BCUT2D eigenvalue weighted by molar-refractivity contribution is -0.142. The Morgan fingerprint density at radius 1 is 1.35 bits per heavy atom. The number of hydrogen-bond acceptors (Lipinski definition) is 5. The maximum absolute atomic E-state index is 10.9. The summed E-state index contributed by atoms with van der Waals surface area (Å²) in [5, 5.41) is 17.5. The van der Waals surface area contributed by atoms with Gasteiger partial charge in [-0.25, -0.2) is 9.97 Å². The number of anilines is 1. The lowest BCUT2D eigenvalue weighted by Crippen LogP contribution is -2.29. The van der Waals surface area contributed by atoms with Crippen LogP contribution in [0, 0.1) is 5.92 Å². The SMILES string of the molecule is Cn1ncc2c(NC3CCC(C(=O)O)CC3)ncnc21. The molecule has 0 aromatic carbocycles. The van der Waals surface area contributed by atoms with E-state index in [4.69, 9.17) is 5.11 Å². The lowest BCUT2D eigenvalue weighted by atomic mass is 9.86. The quantitative estimate of drug-likeness (QED) is 0.880.